The first kappa shape index (κ1) is 18.4. The molecule has 1 saturated heterocycles. The lowest BCUT2D eigenvalue weighted by Crippen LogP contribution is -2.36. The third-order valence-corrected chi connectivity index (χ3v) is 5.34. The molecule has 0 radical (unpaired) electrons. The molecular weight excluding hydrogens is 386 g/mol. The van der Waals surface area contributed by atoms with E-state index in [1.165, 1.54) is 4.57 Å². The second-order valence-electron chi connectivity index (χ2n) is 7.10. The molecule has 3 N–H and O–H groups in total. The summed E-state index contributed by atoms with van der Waals surface area (Å²) in [5, 5.41) is 25.3. The molecule has 1 aliphatic rings. The van der Waals surface area contributed by atoms with Gasteiger partial charge in [0.1, 0.15) is 11.6 Å². The van der Waals surface area contributed by atoms with E-state index in [-0.39, 0.29) is 5.75 Å². The molecule has 1 aliphatic heterocycles. The maximum Gasteiger partial charge on any atom is 0.348 e. The highest BCUT2D eigenvalue weighted by atomic mass is 16.5. The molecule has 0 bridgehead atoms. The summed E-state index contributed by atoms with van der Waals surface area (Å²) in [6, 6.07) is 7.07. The van der Waals surface area contributed by atoms with Crippen molar-refractivity contribution in [2.45, 2.75) is 13.3 Å². The molecule has 0 unspecified atom stereocenters. The van der Waals surface area contributed by atoms with Crippen molar-refractivity contribution in [3.63, 3.8) is 0 Å². The number of ether oxygens (including phenoxy) is 1. The van der Waals surface area contributed by atoms with E-state index in [0.717, 1.165) is 36.4 Å². The van der Waals surface area contributed by atoms with Crippen molar-refractivity contribution in [3.05, 3.63) is 46.6 Å². The number of nitrogens with zero attached hydrogens (tertiary/aromatic N) is 5. The number of anilines is 1. The number of aromatic amines is 2. The molecule has 4 aromatic rings. The zero-order chi connectivity index (χ0) is 20.7. The van der Waals surface area contributed by atoms with Crippen LogP contribution in [-0.4, -0.2) is 61.4 Å². The van der Waals surface area contributed by atoms with E-state index in [1.807, 2.05) is 19.1 Å². The largest absolute Gasteiger partial charge is 0.507 e. The number of fused-ring (bicyclic) bond motifs is 1. The number of nitrogens with one attached hydrogen (secondary N) is 2. The van der Waals surface area contributed by atoms with Gasteiger partial charge in [-0.2, -0.15) is 10.2 Å². The van der Waals surface area contributed by atoms with Gasteiger partial charge in [-0.25, -0.2) is 19.4 Å². The summed E-state index contributed by atoms with van der Waals surface area (Å²) in [6.45, 7) is 4.92. The van der Waals surface area contributed by atoms with Crippen molar-refractivity contribution in [1.82, 2.24) is 29.9 Å². The van der Waals surface area contributed by atoms with Crippen molar-refractivity contribution in [3.8, 4) is 22.8 Å². The van der Waals surface area contributed by atoms with E-state index in [1.54, 1.807) is 18.3 Å². The molecule has 3 aromatic heterocycles. The van der Waals surface area contributed by atoms with Crippen molar-refractivity contribution in [1.29, 1.82) is 0 Å². The Bertz CT molecular complexity index is 1250. The van der Waals surface area contributed by atoms with Crippen LogP contribution in [0.4, 0.5) is 5.82 Å². The molecule has 0 amide bonds. The van der Waals surface area contributed by atoms with Crippen molar-refractivity contribution in [2.75, 3.05) is 31.2 Å². The molecule has 0 saturated carbocycles. The summed E-state index contributed by atoms with van der Waals surface area (Å²) in [7, 11) is 0. The minimum Gasteiger partial charge on any atom is -0.507 e. The van der Waals surface area contributed by atoms with Crippen LogP contribution in [0.5, 0.6) is 5.75 Å². The molecule has 4 heterocycles. The first-order valence-electron chi connectivity index (χ1n) is 9.82. The van der Waals surface area contributed by atoms with E-state index < -0.39 is 5.69 Å². The number of pyridine rings is 1. The normalized spacial score (nSPS) is 14.5. The van der Waals surface area contributed by atoms with Crippen LogP contribution in [-0.2, 0) is 11.2 Å². The Morgan fingerprint density at radius 3 is 2.73 bits per heavy atom. The number of hydrogen-bond donors (Lipinski definition) is 3. The van der Waals surface area contributed by atoms with Crippen LogP contribution in [0.1, 0.15) is 12.6 Å². The molecule has 10 nitrogen and oxygen atoms in total. The third kappa shape index (κ3) is 3.01. The Morgan fingerprint density at radius 2 is 2.00 bits per heavy atom. The van der Waals surface area contributed by atoms with Gasteiger partial charge in [-0.1, -0.05) is 6.92 Å². The van der Waals surface area contributed by atoms with Gasteiger partial charge in [0.25, 0.3) is 0 Å². The minimum absolute atomic E-state index is 0.00482. The molecule has 5 rings (SSSR count). The lowest BCUT2D eigenvalue weighted by Gasteiger charge is -2.27. The number of phenols is 1. The second kappa shape index (κ2) is 7.30. The van der Waals surface area contributed by atoms with Gasteiger partial charge in [-0.05, 0) is 24.6 Å². The van der Waals surface area contributed by atoms with Gasteiger partial charge in [0, 0.05) is 30.2 Å². The van der Waals surface area contributed by atoms with Gasteiger partial charge in [0.15, 0.2) is 5.82 Å². The average Bonchev–Trinajstić information content (AvgIpc) is 3.36. The quantitative estimate of drug-likeness (QED) is 0.469. The Balaban J connectivity index is 1.58. The van der Waals surface area contributed by atoms with Gasteiger partial charge in [-0.15, -0.1) is 0 Å². The molecule has 1 aromatic carbocycles. The van der Waals surface area contributed by atoms with Gasteiger partial charge >= 0.3 is 5.69 Å². The smallest absolute Gasteiger partial charge is 0.348 e. The van der Waals surface area contributed by atoms with Crippen LogP contribution in [0.25, 0.3) is 28.0 Å². The van der Waals surface area contributed by atoms with Crippen LogP contribution >= 0.6 is 0 Å². The number of aromatic nitrogens is 6. The van der Waals surface area contributed by atoms with Crippen molar-refractivity contribution < 1.29 is 9.84 Å². The summed E-state index contributed by atoms with van der Waals surface area (Å²) in [5.41, 5.74) is 2.20. The maximum absolute atomic E-state index is 12.5. The molecule has 30 heavy (non-hydrogen) atoms. The lowest BCUT2D eigenvalue weighted by atomic mass is 10.1. The fraction of sp³-hybridized carbons (Fsp3) is 0.300. The Hall–Kier alpha value is -3.66. The van der Waals surface area contributed by atoms with Crippen LogP contribution in [0, 0.1) is 0 Å². The number of rotatable bonds is 4. The number of morpholine rings is 1. The van der Waals surface area contributed by atoms with Crippen LogP contribution in [0.2, 0.25) is 0 Å². The van der Waals surface area contributed by atoms with E-state index in [4.69, 9.17) is 4.74 Å². The van der Waals surface area contributed by atoms with Gasteiger partial charge < -0.3 is 14.7 Å². The number of aromatic hydroxyl groups is 1. The summed E-state index contributed by atoms with van der Waals surface area (Å²) in [5.74, 6) is 1.13. The van der Waals surface area contributed by atoms with Gasteiger partial charge in [0.05, 0.1) is 36.2 Å². The summed E-state index contributed by atoms with van der Waals surface area (Å²) >= 11 is 0. The third-order valence-electron chi connectivity index (χ3n) is 5.34. The predicted molar refractivity (Wildman–Crippen MR) is 111 cm³/mol. The van der Waals surface area contributed by atoms with Crippen LogP contribution in [0.3, 0.4) is 0 Å². The summed E-state index contributed by atoms with van der Waals surface area (Å²) in [6.07, 6.45) is 2.40. The first-order chi connectivity index (χ1) is 14.7. The predicted octanol–water partition coefficient (Wildman–Crippen LogP) is 1.60. The van der Waals surface area contributed by atoms with Gasteiger partial charge in [0.2, 0.25) is 0 Å². The van der Waals surface area contributed by atoms with E-state index in [0.29, 0.717) is 35.8 Å². The zero-order valence-electron chi connectivity index (χ0n) is 16.4. The highest BCUT2D eigenvalue weighted by molar-refractivity contribution is 5.89. The average molecular weight is 407 g/mol. The summed E-state index contributed by atoms with van der Waals surface area (Å²) < 4.78 is 6.78. The Labute approximate surface area is 171 Å². The fourth-order valence-corrected chi connectivity index (χ4v) is 3.76. The SMILES string of the molecule is CCc1[nH]nc2cc(O)c(-c3n[nH]c(=O)n3-c3ccc(N4CCOCC4)nc3)cc12. The maximum atomic E-state index is 12.5. The van der Waals surface area contributed by atoms with E-state index in [9.17, 15) is 9.90 Å². The highest BCUT2D eigenvalue weighted by Crippen LogP contribution is 2.33. The van der Waals surface area contributed by atoms with E-state index >= 15 is 0 Å². The van der Waals surface area contributed by atoms with Crippen LogP contribution < -0.4 is 10.6 Å². The molecule has 1 fully saturated rings. The molecule has 10 heteroatoms. The number of H-pyrrole nitrogens is 2. The standard InChI is InChI=1S/C20H21N7O3/c1-2-15-13-9-14(17(28)10-16(13)23-22-15)19-24-25-20(29)27(19)12-3-4-18(21-11-12)26-5-7-30-8-6-26/h3-4,9-11,28H,2,5-8H2,1H3,(H,22,23)(H,25,29). The summed E-state index contributed by atoms with van der Waals surface area (Å²) in [4.78, 5) is 19.2. The molecular formula is C20H21N7O3. The van der Waals surface area contributed by atoms with E-state index in [2.05, 4.69) is 30.3 Å². The van der Waals surface area contributed by atoms with Crippen molar-refractivity contribution >= 4 is 16.7 Å². The topological polar surface area (TPSA) is 125 Å². The Kier molecular flexibility index (Phi) is 4.47. The molecule has 154 valence electrons. The highest BCUT2D eigenvalue weighted by Gasteiger charge is 2.19. The molecule has 0 spiro atoms. The van der Waals surface area contributed by atoms with Gasteiger partial charge in [-0.3, -0.25) is 5.10 Å². The molecule has 0 atom stereocenters. The second-order valence-corrected chi connectivity index (χ2v) is 7.10. The zero-order valence-corrected chi connectivity index (χ0v) is 16.4. The first-order valence-corrected chi connectivity index (χ1v) is 9.82. The number of aryl methyl sites for hydroxylation is 1. The number of phenolic OH excluding ortho intramolecular Hbond substituents is 1. The number of hydrogen-bond acceptors (Lipinski definition) is 7. The fourth-order valence-electron chi connectivity index (χ4n) is 3.76. The number of benzene rings is 1. The minimum atomic E-state index is -0.409. The lowest BCUT2D eigenvalue weighted by molar-refractivity contribution is 0.122. The molecule has 0 aliphatic carbocycles. The Morgan fingerprint density at radius 1 is 1.17 bits per heavy atom. The van der Waals surface area contributed by atoms with Crippen LogP contribution in [0.15, 0.2) is 35.3 Å². The van der Waals surface area contributed by atoms with Crippen molar-refractivity contribution in [2.24, 2.45) is 0 Å². The monoisotopic (exact) mass is 407 g/mol.